The first kappa shape index (κ1) is 127. The van der Waals surface area contributed by atoms with E-state index < -0.39 is 303 Å². The average Bonchev–Trinajstić information content (AvgIpc) is 1.60. The van der Waals surface area contributed by atoms with Crippen molar-refractivity contribution in [2.45, 2.75) is 190 Å². The maximum atomic E-state index is 14.3. The Labute approximate surface area is 858 Å². The van der Waals surface area contributed by atoms with E-state index in [-0.39, 0.29) is 205 Å². The molecule has 0 radical (unpaired) electrons. The predicted molar refractivity (Wildman–Crippen MR) is 509 cm³/mol. The van der Waals surface area contributed by atoms with Gasteiger partial charge in [0.2, 0.25) is 41.4 Å². The van der Waals surface area contributed by atoms with Crippen LogP contribution in [0.5, 0.6) is 0 Å². The Kier molecular flexibility index (Phi) is 56.1. The van der Waals surface area contributed by atoms with E-state index in [4.69, 9.17) is 80.3 Å². The SMILES string of the molecule is CC(=O)N[C@H]1C(OCCOCCOCCNC(=O)c2cc(CC(=O)CNC(=O)CC[C@H](NC(=O)CCC(=O)N3C[C@](C)(COP(=O)(O)O)[C@](C)(CO)C3)C(=O)NCC(=O)Nc3cc(C(=O)NCCOCCOCCOC4O[C@H](CO)[C@H](O)[C@H](O)[C@H]4C)cc(C(=O)NCCOCCOCCOC4O[C@H](CO)[C@H](O)[C@H](O)[C@H]4NC(C)=O)c3)cc(C(=O)NCCOCCOCCOC3O[C@H](CO)[C@H](O)[C@H](O)[C@H]3C)c2)O[C@H](CO)[C@H](O)[C@@H]1O. The van der Waals surface area contributed by atoms with Crippen molar-refractivity contribution in [2.24, 2.45) is 22.7 Å². The summed E-state index contributed by atoms with van der Waals surface area (Å²) in [7, 11) is -5.02. The molecule has 0 spiro atoms. The Morgan fingerprint density at radius 2 is 0.758 bits per heavy atom. The van der Waals surface area contributed by atoms with Crippen LogP contribution in [0, 0.1) is 22.7 Å². The molecule has 5 heterocycles. The highest BCUT2D eigenvalue weighted by molar-refractivity contribution is 7.46. The number of carbonyl (C=O) groups excluding carboxylic acids is 12. The van der Waals surface area contributed by atoms with Crippen LogP contribution < -0.4 is 53.2 Å². The van der Waals surface area contributed by atoms with Crippen LogP contribution in [0.15, 0.2) is 36.4 Å². The maximum Gasteiger partial charge on any atom is 0.469 e. The number of ketones is 1. The summed E-state index contributed by atoms with van der Waals surface area (Å²) in [6.45, 7) is 2.94. The van der Waals surface area contributed by atoms with Gasteiger partial charge < -0.3 is 210 Å². The number of anilines is 1. The van der Waals surface area contributed by atoms with Crippen molar-refractivity contribution < 1.29 is 219 Å². The number of carbonyl (C=O) groups is 12. The lowest BCUT2D eigenvalue weighted by atomic mass is 9.69. The average molecular weight is 2160 g/mol. The van der Waals surface area contributed by atoms with Gasteiger partial charge in [0.05, 0.1) is 197 Å². The van der Waals surface area contributed by atoms with Gasteiger partial charge in [-0.1, -0.05) is 27.7 Å². The van der Waals surface area contributed by atoms with Gasteiger partial charge in [-0.05, 0) is 48.4 Å². The zero-order valence-corrected chi connectivity index (χ0v) is 84.9. The van der Waals surface area contributed by atoms with E-state index in [9.17, 15) is 138 Å². The number of rotatable bonds is 69. The quantitative estimate of drug-likeness (QED) is 0.0216. The molecule has 0 aliphatic carbocycles. The lowest BCUT2D eigenvalue weighted by molar-refractivity contribution is -0.284. The maximum absolute atomic E-state index is 14.3. The smallest absolute Gasteiger partial charge is 0.396 e. The number of amides is 11. The van der Waals surface area contributed by atoms with Crippen molar-refractivity contribution in [2.75, 3.05) is 229 Å². The zero-order valence-electron chi connectivity index (χ0n) is 84.0. The molecule has 0 aromatic heterocycles. The first-order valence-corrected chi connectivity index (χ1v) is 50.3. The van der Waals surface area contributed by atoms with E-state index in [0.29, 0.717) is 0 Å². The highest BCUT2D eigenvalue weighted by atomic mass is 31.2. The Balaban J connectivity index is 0.982. The highest BCUT2D eigenvalue weighted by Gasteiger charge is 2.55. The fraction of sp³-hybridized carbons (Fsp3) is 0.739. The second-order valence-corrected chi connectivity index (χ2v) is 37.6. The molecule has 7 rings (SSSR count). The number of ether oxygens (including phenoxy) is 16. The number of benzene rings is 2. The first-order valence-electron chi connectivity index (χ1n) is 48.8. The number of aliphatic hydroxyl groups is 13. The lowest BCUT2D eigenvalue weighted by Gasteiger charge is -2.42. The third kappa shape index (κ3) is 42.6. The summed E-state index contributed by atoms with van der Waals surface area (Å²) in [6, 6.07) is 3.50. The van der Waals surface area contributed by atoms with Crippen LogP contribution in [-0.4, -0.2) is 493 Å². The van der Waals surface area contributed by atoms with Crippen molar-refractivity contribution in [3.05, 3.63) is 64.2 Å². The molecule has 4 unspecified atom stereocenters. The van der Waals surface area contributed by atoms with Crippen LogP contribution in [0.25, 0.3) is 0 Å². The number of phosphoric ester groups is 1. The molecule has 846 valence electrons. The Morgan fingerprint density at radius 3 is 1.13 bits per heavy atom. The van der Waals surface area contributed by atoms with Crippen molar-refractivity contribution in [3.63, 3.8) is 0 Å². The van der Waals surface area contributed by atoms with Crippen molar-refractivity contribution >= 4 is 84.3 Å². The highest BCUT2D eigenvalue weighted by Crippen LogP contribution is 2.49. The van der Waals surface area contributed by atoms with E-state index in [0.717, 1.165) is 0 Å². The number of likely N-dealkylation sites (tertiary alicyclic amines) is 1. The number of phosphoric acid groups is 1. The molecule has 56 nitrogen and oxygen atoms in total. The number of nitrogens with one attached hydrogen (secondary N) is 10. The van der Waals surface area contributed by atoms with Crippen molar-refractivity contribution in [1.82, 2.24) is 52.8 Å². The van der Waals surface area contributed by atoms with Gasteiger partial charge in [-0.3, -0.25) is 62.1 Å². The van der Waals surface area contributed by atoms with Gasteiger partial charge in [0.25, 0.3) is 23.6 Å². The summed E-state index contributed by atoms with van der Waals surface area (Å²) in [4.78, 5) is 183. The molecule has 0 bridgehead atoms. The molecule has 5 aliphatic heterocycles. The lowest BCUT2D eigenvalue weighted by Crippen LogP contribution is -2.64. The van der Waals surface area contributed by atoms with Gasteiger partial charge in [0, 0.05) is 129 Å². The number of aliphatic hydroxyl groups excluding tert-OH is 13. The molecular formula is C92H148N11O45P. The first-order chi connectivity index (χ1) is 71.0. The van der Waals surface area contributed by atoms with Gasteiger partial charge in [0.1, 0.15) is 79.2 Å². The molecule has 57 heteroatoms. The third-order valence-corrected chi connectivity index (χ3v) is 25.2. The second kappa shape index (κ2) is 65.7. The van der Waals surface area contributed by atoms with E-state index in [2.05, 4.69) is 53.2 Å². The molecule has 149 heavy (non-hydrogen) atoms. The molecule has 0 saturated carbocycles. The Bertz CT molecular complexity index is 4560. The third-order valence-electron chi connectivity index (χ3n) is 24.8. The van der Waals surface area contributed by atoms with Crippen LogP contribution in [-0.2, 0) is 130 Å². The van der Waals surface area contributed by atoms with Crippen LogP contribution in [0.3, 0.4) is 0 Å². The summed E-state index contributed by atoms with van der Waals surface area (Å²) in [5.41, 5.74) is -2.92. The van der Waals surface area contributed by atoms with Crippen molar-refractivity contribution in [3.8, 4) is 0 Å². The van der Waals surface area contributed by atoms with Crippen LogP contribution in [0.2, 0.25) is 0 Å². The summed E-state index contributed by atoms with van der Waals surface area (Å²) < 4.78 is 106. The predicted octanol–water partition coefficient (Wildman–Crippen LogP) is -10.2. The molecule has 5 aliphatic rings. The molecule has 2 aromatic carbocycles. The fourth-order valence-corrected chi connectivity index (χ4v) is 16.5. The zero-order chi connectivity index (χ0) is 110. The number of hydrogen-bond donors (Lipinski definition) is 25. The summed E-state index contributed by atoms with van der Waals surface area (Å²) >= 11 is 0. The topological polar surface area (TPSA) is 806 Å². The molecule has 5 saturated heterocycles. The minimum absolute atomic E-state index is 0.000272. The van der Waals surface area contributed by atoms with E-state index in [1.807, 2.05) is 0 Å². The van der Waals surface area contributed by atoms with Crippen molar-refractivity contribution in [1.29, 1.82) is 0 Å². The molecule has 11 amide bonds. The molecule has 23 atom stereocenters. The minimum Gasteiger partial charge on any atom is -0.396 e. The summed E-state index contributed by atoms with van der Waals surface area (Å²) in [5.74, 6) is -10.5. The number of nitrogens with zero attached hydrogens (tertiary/aromatic N) is 1. The Hall–Kier alpha value is -8.77. The van der Waals surface area contributed by atoms with Gasteiger partial charge in [0.15, 0.2) is 30.9 Å². The number of hydrogen-bond acceptors (Lipinski definition) is 43. The van der Waals surface area contributed by atoms with E-state index >= 15 is 0 Å². The molecule has 25 N–H and O–H groups in total. The fourth-order valence-electron chi connectivity index (χ4n) is 16.0. The van der Waals surface area contributed by atoms with Gasteiger partial charge in [-0.15, -0.1) is 0 Å². The summed E-state index contributed by atoms with van der Waals surface area (Å²) in [6.07, 6.45) is -22.8. The van der Waals surface area contributed by atoms with Crippen LogP contribution >= 0.6 is 7.82 Å². The molecule has 2 aromatic rings. The minimum atomic E-state index is -5.02. The van der Waals surface area contributed by atoms with Gasteiger partial charge >= 0.3 is 7.82 Å². The van der Waals surface area contributed by atoms with Crippen LogP contribution in [0.4, 0.5) is 5.69 Å². The van der Waals surface area contributed by atoms with Gasteiger partial charge in [-0.25, -0.2) is 4.57 Å². The van der Waals surface area contributed by atoms with E-state index in [1.165, 1.54) is 55.1 Å². The largest absolute Gasteiger partial charge is 0.469 e. The standard InChI is InChI=1S/C92H148N11O45P/c1-52-74(116)76(118)64(44-104)145-87(52)140-31-27-136-23-19-132-15-11-93-82(124)57-35-56(36-58(38-57)83(125)94-12-16-133-21-25-138-29-33-142-89-72(99-54(3)109)80(122)78(120)66(46-106)147-89)37-62(111)42-97-68(112)8-7-63(102-69(113)9-10-71(115)103-48-91(5,50-108)92(6,49-103)51-144-149(129,130)131)86(128)98-43-70(114)101-61-40-59(84(126)95-13-17-134-20-24-137-28-32-141-88-53(2)75(117)77(119)65(45-105)146-88)39-60(41-61)85(127)96-14-18-135-22-26-139-30-34-143-90-73(100-55(4)110)81(123)79(121)67(47-107)148-90/h35-36,38-41,52-53,63-67,72-81,87-90,104-108,116-123H,7-34,37,42-51H2,1-6H3,(H,93,124)(H,94,125)(H,95,126)(H,96,127)(H,97,112)(H,98,128)(H,99,109)(H,100,110)(H,101,114)(H,102,113)(H2,129,130,131)/t52-,53-,63+,64-,65-,66-,67-,72-,73-,74-,75-,76+,77+,78+,79+,80-,81-,87?,88?,89?,90?,91+,92-/m1/s1. The Morgan fingerprint density at radius 1 is 0.409 bits per heavy atom. The van der Waals surface area contributed by atoms with Gasteiger partial charge in [-0.2, -0.15) is 0 Å². The molecular weight excluding hydrogens is 2010 g/mol. The normalized spacial score (nSPS) is 26.6. The molecule has 5 fully saturated rings. The van der Waals surface area contributed by atoms with Crippen LogP contribution in [0.1, 0.15) is 114 Å². The second-order valence-electron chi connectivity index (χ2n) is 36.3. The number of Topliss-reactive ketones (excluding diaryl/α,β-unsaturated/α-hetero) is 1. The monoisotopic (exact) mass is 2160 g/mol. The summed E-state index contributed by atoms with van der Waals surface area (Å²) in [5, 5.41) is 157. The van der Waals surface area contributed by atoms with E-state index in [1.54, 1.807) is 27.7 Å².